The summed E-state index contributed by atoms with van der Waals surface area (Å²) in [6.45, 7) is 0.217. The van der Waals surface area contributed by atoms with E-state index in [2.05, 4.69) is 49.1 Å². The molecule has 136 valence electrons. The normalized spacial score (nSPS) is 21.3. The number of piperidine rings is 1. The van der Waals surface area contributed by atoms with E-state index in [0.717, 1.165) is 19.4 Å². The molecule has 3 heterocycles. The number of anilines is 2. The molecule has 2 aromatic heterocycles. The van der Waals surface area contributed by atoms with Gasteiger partial charge in [-0.05, 0) is 26.8 Å². The standard InChI is InChI=1S/C15H20F2N6O2/c1-9-5-10(3-4-23(9)2)24-14-8-18-7-12(20-14)19-11-6-13(22-21-11)25-15(16)17/h6-10,15H,3-5H2,1-2H3,(H2,19,20,21,22)/t9-,10-/m1/s1. The maximum Gasteiger partial charge on any atom is 0.388 e. The molecule has 10 heteroatoms. The summed E-state index contributed by atoms with van der Waals surface area (Å²) in [6, 6.07) is 1.75. The lowest BCUT2D eigenvalue weighted by Gasteiger charge is -2.34. The number of halogens is 2. The highest BCUT2D eigenvalue weighted by Crippen LogP contribution is 2.22. The molecule has 1 aliphatic heterocycles. The summed E-state index contributed by atoms with van der Waals surface area (Å²) in [7, 11) is 2.10. The average Bonchev–Trinajstić information content (AvgIpc) is 2.97. The number of hydrogen-bond acceptors (Lipinski definition) is 7. The third-order valence-electron chi connectivity index (χ3n) is 4.09. The molecule has 1 aliphatic rings. The first-order valence-electron chi connectivity index (χ1n) is 7.96. The summed E-state index contributed by atoms with van der Waals surface area (Å²) in [6.07, 6.45) is 4.97. The number of hydrogen-bond donors (Lipinski definition) is 2. The Kier molecular flexibility index (Phi) is 5.27. The van der Waals surface area contributed by atoms with Crippen molar-refractivity contribution in [3.05, 3.63) is 18.5 Å². The maximum atomic E-state index is 12.2. The van der Waals surface area contributed by atoms with Crippen LogP contribution in [0.15, 0.2) is 18.5 Å². The quantitative estimate of drug-likeness (QED) is 0.823. The highest BCUT2D eigenvalue weighted by Gasteiger charge is 2.24. The molecule has 0 saturated carbocycles. The lowest BCUT2D eigenvalue weighted by molar-refractivity contribution is -0.0528. The van der Waals surface area contributed by atoms with E-state index in [-0.39, 0.29) is 17.8 Å². The predicted octanol–water partition coefficient (Wildman–Crippen LogP) is 2.41. The van der Waals surface area contributed by atoms with Crippen molar-refractivity contribution >= 4 is 11.6 Å². The molecule has 2 atom stereocenters. The Labute approximate surface area is 143 Å². The van der Waals surface area contributed by atoms with Crippen LogP contribution < -0.4 is 14.8 Å². The zero-order valence-corrected chi connectivity index (χ0v) is 13.9. The summed E-state index contributed by atoms with van der Waals surface area (Å²) in [4.78, 5) is 10.7. The second kappa shape index (κ2) is 7.60. The SMILES string of the molecule is C[C@@H]1C[C@H](Oc2cncc(Nc3cc(OC(F)F)[nH]n3)n2)CCN1C. The Balaban J connectivity index is 1.60. The van der Waals surface area contributed by atoms with Crippen LogP contribution in [-0.2, 0) is 0 Å². The van der Waals surface area contributed by atoms with Crippen molar-refractivity contribution in [1.29, 1.82) is 0 Å². The van der Waals surface area contributed by atoms with Gasteiger partial charge in [0, 0.05) is 18.7 Å². The monoisotopic (exact) mass is 354 g/mol. The summed E-state index contributed by atoms with van der Waals surface area (Å²) < 4.78 is 34.4. The third kappa shape index (κ3) is 4.75. The van der Waals surface area contributed by atoms with Crippen molar-refractivity contribution in [2.45, 2.75) is 38.5 Å². The van der Waals surface area contributed by atoms with E-state index in [0.29, 0.717) is 17.7 Å². The minimum atomic E-state index is -2.92. The lowest BCUT2D eigenvalue weighted by atomic mass is 10.0. The van der Waals surface area contributed by atoms with Gasteiger partial charge in [0.2, 0.25) is 11.8 Å². The molecule has 1 fully saturated rings. The molecular weight excluding hydrogens is 334 g/mol. The molecule has 0 bridgehead atoms. The molecule has 0 aliphatic carbocycles. The van der Waals surface area contributed by atoms with Gasteiger partial charge in [0.15, 0.2) is 11.6 Å². The van der Waals surface area contributed by atoms with Gasteiger partial charge < -0.3 is 19.7 Å². The van der Waals surface area contributed by atoms with Gasteiger partial charge >= 0.3 is 6.61 Å². The van der Waals surface area contributed by atoms with Crippen LogP contribution in [0.1, 0.15) is 19.8 Å². The smallest absolute Gasteiger partial charge is 0.388 e. The highest BCUT2D eigenvalue weighted by atomic mass is 19.3. The number of nitrogens with one attached hydrogen (secondary N) is 2. The van der Waals surface area contributed by atoms with Crippen molar-refractivity contribution < 1.29 is 18.3 Å². The van der Waals surface area contributed by atoms with Crippen LogP contribution in [0, 0.1) is 0 Å². The number of alkyl halides is 2. The average molecular weight is 354 g/mol. The van der Waals surface area contributed by atoms with Crippen LogP contribution >= 0.6 is 0 Å². The molecule has 0 unspecified atom stereocenters. The summed E-state index contributed by atoms with van der Waals surface area (Å²) >= 11 is 0. The Hall–Kier alpha value is -2.49. The predicted molar refractivity (Wildman–Crippen MR) is 86.3 cm³/mol. The van der Waals surface area contributed by atoms with Gasteiger partial charge in [-0.3, -0.25) is 4.98 Å². The van der Waals surface area contributed by atoms with Crippen molar-refractivity contribution in [2.75, 3.05) is 18.9 Å². The Bertz CT molecular complexity index is 698. The molecular formula is C15H20F2N6O2. The van der Waals surface area contributed by atoms with Gasteiger partial charge in [0.05, 0.1) is 12.4 Å². The number of aromatic amines is 1. The minimum absolute atomic E-state index is 0.0900. The fourth-order valence-electron chi connectivity index (χ4n) is 2.64. The zero-order chi connectivity index (χ0) is 17.8. The second-order valence-electron chi connectivity index (χ2n) is 5.96. The van der Waals surface area contributed by atoms with Crippen LogP contribution in [-0.4, -0.2) is 57.4 Å². The Morgan fingerprint density at radius 3 is 2.96 bits per heavy atom. The summed E-state index contributed by atoms with van der Waals surface area (Å²) in [5, 5.41) is 9.03. The largest absolute Gasteiger partial charge is 0.473 e. The topological polar surface area (TPSA) is 88.2 Å². The zero-order valence-electron chi connectivity index (χ0n) is 13.9. The van der Waals surface area contributed by atoms with Gasteiger partial charge in [0.25, 0.3) is 0 Å². The molecule has 8 nitrogen and oxygen atoms in total. The van der Waals surface area contributed by atoms with Crippen molar-refractivity contribution in [2.24, 2.45) is 0 Å². The second-order valence-corrected chi connectivity index (χ2v) is 5.96. The molecule has 2 aromatic rings. The van der Waals surface area contributed by atoms with Gasteiger partial charge in [-0.2, -0.15) is 18.9 Å². The Morgan fingerprint density at radius 2 is 2.20 bits per heavy atom. The maximum absolute atomic E-state index is 12.2. The minimum Gasteiger partial charge on any atom is -0.473 e. The Morgan fingerprint density at radius 1 is 1.36 bits per heavy atom. The highest BCUT2D eigenvalue weighted by molar-refractivity contribution is 5.51. The van der Waals surface area contributed by atoms with E-state index in [1.165, 1.54) is 12.3 Å². The first-order chi connectivity index (χ1) is 12.0. The number of rotatable bonds is 6. The van der Waals surface area contributed by atoms with Crippen LogP contribution in [0.3, 0.4) is 0 Å². The number of ether oxygens (including phenoxy) is 2. The van der Waals surface area contributed by atoms with Crippen LogP contribution in [0.4, 0.5) is 20.4 Å². The van der Waals surface area contributed by atoms with E-state index < -0.39 is 6.61 Å². The first-order valence-corrected chi connectivity index (χ1v) is 7.96. The van der Waals surface area contributed by atoms with Crippen molar-refractivity contribution in [3.8, 4) is 11.8 Å². The summed E-state index contributed by atoms with van der Waals surface area (Å²) in [5.74, 6) is 0.952. The van der Waals surface area contributed by atoms with E-state index in [9.17, 15) is 8.78 Å². The number of nitrogens with zero attached hydrogens (tertiary/aromatic N) is 4. The van der Waals surface area contributed by atoms with E-state index in [1.54, 1.807) is 6.20 Å². The molecule has 0 amide bonds. The number of aromatic nitrogens is 4. The molecule has 0 spiro atoms. The van der Waals surface area contributed by atoms with Gasteiger partial charge in [-0.25, -0.2) is 5.10 Å². The first kappa shape index (κ1) is 17.3. The van der Waals surface area contributed by atoms with Gasteiger partial charge in [-0.1, -0.05) is 0 Å². The van der Waals surface area contributed by atoms with Crippen molar-refractivity contribution in [1.82, 2.24) is 25.1 Å². The van der Waals surface area contributed by atoms with E-state index in [1.807, 2.05) is 0 Å². The van der Waals surface area contributed by atoms with E-state index in [4.69, 9.17) is 4.74 Å². The van der Waals surface area contributed by atoms with E-state index >= 15 is 0 Å². The molecule has 3 rings (SSSR count). The molecule has 25 heavy (non-hydrogen) atoms. The van der Waals surface area contributed by atoms with Crippen LogP contribution in [0.2, 0.25) is 0 Å². The lowest BCUT2D eigenvalue weighted by Crippen LogP contribution is -2.42. The van der Waals surface area contributed by atoms with Gasteiger partial charge in [0.1, 0.15) is 6.10 Å². The fraction of sp³-hybridized carbons (Fsp3) is 0.533. The van der Waals surface area contributed by atoms with Crippen LogP contribution in [0.5, 0.6) is 11.8 Å². The molecule has 2 N–H and O–H groups in total. The van der Waals surface area contributed by atoms with Crippen LogP contribution in [0.25, 0.3) is 0 Å². The summed E-state index contributed by atoms with van der Waals surface area (Å²) in [5.41, 5.74) is 0. The van der Waals surface area contributed by atoms with Gasteiger partial charge in [-0.15, -0.1) is 0 Å². The molecule has 1 saturated heterocycles. The molecule has 0 radical (unpaired) electrons. The fourth-order valence-corrected chi connectivity index (χ4v) is 2.64. The number of likely N-dealkylation sites (tertiary alicyclic amines) is 1. The number of H-pyrrole nitrogens is 1. The van der Waals surface area contributed by atoms with Crippen molar-refractivity contribution in [3.63, 3.8) is 0 Å². The molecule has 0 aromatic carbocycles. The third-order valence-corrected chi connectivity index (χ3v) is 4.09.